The van der Waals surface area contributed by atoms with E-state index in [4.69, 9.17) is 11.6 Å². The lowest BCUT2D eigenvalue weighted by Crippen LogP contribution is -1.93. The summed E-state index contributed by atoms with van der Waals surface area (Å²) >= 11 is 7.31. The van der Waals surface area contributed by atoms with Gasteiger partial charge < -0.3 is 0 Å². The van der Waals surface area contributed by atoms with Crippen LogP contribution < -0.4 is 0 Å². The van der Waals surface area contributed by atoms with Crippen LogP contribution in [0.3, 0.4) is 0 Å². The predicted molar refractivity (Wildman–Crippen MR) is 88.0 cm³/mol. The normalized spacial score (nSPS) is 11.0. The van der Waals surface area contributed by atoms with Crippen molar-refractivity contribution in [3.63, 3.8) is 0 Å². The van der Waals surface area contributed by atoms with Crippen LogP contribution in [0.5, 0.6) is 0 Å². The van der Waals surface area contributed by atoms with Crippen molar-refractivity contribution >= 4 is 34.8 Å². The van der Waals surface area contributed by atoms with Gasteiger partial charge in [-0.15, -0.1) is 11.3 Å². The van der Waals surface area contributed by atoms with Crippen molar-refractivity contribution in [2.75, 3.05) is 0 Å². The molecule has 3 aromatic rings. The number of hydrogen-bond acceptors (Lipinski definition) is 5. The van der Waals surface area contributed by atoms with Crippen LogP contribution in [-0.4, -0.2) is 20.7 Å². The highest BCUT2D eigenvalue weighted by Gasteiger charge is 2.06. The third-order valence-electron chi connectivity index (χ3n) is 2.79. The van der Waals surface area contributed by atoms with E-state index in [-0.39, 0.29) is 5.78 Å². The zero-order valence-corrected chi connectivity index (χ0v) is 12.9. The van der Waals surface area contributed by atoms with Crippen molar-refractivity contribution in [1.82, 2.24) is 15.0 Å². The molecule has 0 unspecified atom stereocenters. The summed E-state index contributed by atoms with van der Waals surface area (Å²) in [7, 11) is 0. The Hall–Kier alpha value is -2.37. The Balaban J connectivity index is 1.76. The van der Waals surface area contributed by atoms with Crippen molar-refractivity contribution in [3.05, 3.63) is 70.5 Å². The maximum atomic E-state index is 12.1. The first kappa shape index (κ1) is 14.6. The molecule has 4 nitrogen and oxygen atoms in total. The number of allylic oxidation sites excluding steroid dienone is 1. The third-order valence-corrected chi connectivity index (χ3v) is 3.89. The van der Waals surface area contributed by atoms with Crippen molar-refractivity contribution in [2.45, 2.75) is 0 Å². The van der Waals surface area contributed by atoms with Crippen LogP contribution >= 0.6 is 22.9 Å². The largest absolute Gasteiger partial charge is 0.289 e. The van der Waals surface area contributed by atoms with E-state index in [0.717, 1.165) is 5.01 Å². The van der Waals surface area contributed by atoms with E-state index in [1.807, 2.05) is 5.38 Å². The highest BCUT2D eigenvalue weighted by atomic mass is 35.5. The molecule has 2 aromatic heterocycles. The molecule has 0 aliphatic carbocycles. The first-order valence-corrected chi connectivity index (χ1v) is 7.69. The zero-order chi connectivity index (χ0) is 15.4. The number of thiazole rings is 1. The Kier molecular flexibility index (Phi) is 4.37. The minimum absolute atomic E-state index is 0.118. The topological polar surface area (TPSA) is 55.7 Å². The minimum atomic E-state index is -0.118. The van der Waals surface area contributed by atoms with E-state index in [2.05, 4.69) is 15.0 Å². The SMILES string of the molecule is O=C(/C=C/c1csc(-c2ncccn2)n1)c1cccc(Cl)c1. The van der Waals surface area contributed by atoms with Crippen LogP contribution in [0, 0.1) is 0 Å². The van der Waals surface area contributed by atoms with Crippen LogP contribution in [0.1, 0.15) is 16.1 Å². The number of carbonyl (C=O) groups excluding carboxylic acids is 1. The fraction of sp³-hybridized carbons (Fsp3) is 0. The van der Waals surface area contributed by atoms with E-state index in [9.17, 15) is 4.79 Å². The van der Waals surface area contributed by atoms with Gasteiger partial charge in [0.1, 0.15) is 0 Å². The van der Waals surface area contributed by atoms with Crippen LogP contribution in [0.15, 0.2) is 54.2 Å². The first-order valence-electron chi connectivity index (χ1n) is 6.43. The Morgan fingerprint density at radius 1 is 1.18 bits per heavy atom. The van der Waals surface area contributed by atoms with Gasteiger partial charge >= 0.3 is 0 Å². The second-order valence-electron chi connectivity index (χ2n) is 4.36. The predicted octanol–water partition coefficient (Wildman–Crippen LogP) is 4.15. The van der Waals surface area contributed by atoms with E-state index in [0.29, 0.717) is 22.1 Å². The van der Waals surface area contributed by atoms with Gasteiger partial charge in [-0.3, -0.25) is 4.79 Å². The molecule has 1 aromatic carbocycles. The molecule has 0 atom stereocenters. The van der Waals surface area contributed by atoms with Crippen molar-refractivity contribution < 1.29 is 4.79 Å². The average molecular weight is 328 g/mol. The average Bonchev–Trinajstić information content (AvgIpc) is 3.02. The molecule has 0 bridgehead atoms. The summed E-state index contributed by atoms with van der Waals surface area (Å²) in [6.07, 6.45) is 6.49. The number of hydrogen-bond donors (Lipinski definition) is 0. The molecule has 2 heterocycles. The standard InChI is InChI=1S/C16H10ClN3OS/c17-12-4-1-3-11(9-12)14(21)6-5-13-10-22-16(20-13)15-18-7-2-8-19-15/h1-10H/b6-5+. The summed E-state index contributed by atoms with van der Waals surface area (Å²) in [6.45, 7) is 0. The summed E-state index contributed by atoms with van der Waals surface area (Å²) in [4.78, 5) is 24.7. The number of aromatic nitrogens is 3. The molecular formula is C16H10ClN3OS. The summed E-state index contributed by atoms with van der Waals surface area (Å²) in [5.41, 5.74) is 1.24. The molecule has 0 N–H and O–H groups in total. The molecule has 3 rings (SSSR count). The summed E-state index contributed by atoms with van der Waals surface area (Å²) in [5.74, 6) is 0.460. The number of ketones is 1. The second-order valence-corrected chi connectivity index (χ2v) is 5.65. The third kappa shape index (κ3) is 3.44. The molecule has 0 amide bonds. The Labute approximate surface area is 136 Å². The summed E-state index contributed by atoms with van der Waals surface area (Å²) in [6, 6.07) is 8.59. The van der Waals surface area contributed by atoms with Gasteiger partial charge in [0.25, 0.3) is 0 Å². The molecule has 6 heteroatoms. The molecule has 22 heavy (non-hydrogen) atoms. The van der Waals surface area contributed by atoms with Crippen LogP contribution in [0.4, 0.5) is 0 Å². The zero-order valence-electron chi connectivity index (χ0n) is 11.3. The van der Waals surface area contributed by atoms with Gasteiger partial charge in [-0.25, -0.2) is 15.0 Å². The second kappa shape index (κ2) is 6.60. The Bertz CT molecular complexity index is 830. The van der Waals surface area contributed by atoms with Gasteiger partial charge in [0.15, 0.2) is 16.6 Å². The van der Waals surface area contributed by atoms with Crippen LogP contribution in [-0.2, 0) is 0 Å². The highest BCUT2D eigenvalue weighted by molar-refractivity contribution is 7.13. The number of nitrogens with zero attached hydrogens (tertiary/aromatic N) is 3. The molecule has 0 aliphatic rings. The molecule has 108 valence electrons. The van der Waals surface area contributed by atoms with Crippen molar-refractivity contribution in [1.29, 1.82) is 0 Å². The van der Waals surface area contributed by atoms with E-state index in [1.165, 1.54) is 17.4 Å². The summed E-state index contributed by atoms with van der Waals surface area (Å²) in [5, 5.41) is 3.11. The number of carbonyl (C=O) groups is 1. The van der Waals surface area contributed by atoms with Gasteiger partial charge in [0, 0.05) is 28.4 Å². The van der Waals surface area contributed by atoms with Gasteiger partial charge in [-0.1, -0.05) is 23.7 Å². The molecule has 0 aliphatic heterocycles. The van der Waals surface area contributed by atoms with E-state index >= 15 is 0 Å². The molecule has 0 radical (unpaired) electrons. The molecule has 0 fully saturated rings. The fourth-order valence-corrected chi connectivity index (χ4v) is 2.70. The van der Waals surface area contributed by atoms with Gasteiger partial charge in [-0.2, -0.15) is 0 Å². The lowest BCUT2D eigenvalue weighted by Gasteiger charge is -1.95. The number of halogens is 1. The van der Waals surface area contributed by atoms with E-state index < -0.39 is 0 Å². The monoisotopic (exact) mass is 327 g/mol. The fourth-order valence-electron chi connectivity index (χ4n) is 1.77. The lowest BCUT2D eigenvalue weighted by molar-refractivity contribution is 0.104. The van der Waals surface area contributed by atoms with Crippen LogP contribution in [0.2, 0.25) is 5.02 Å². The van der Waals surface area contributed by atoms with Gasteiger partial charge in [0.2, 0.25) is 0 Å². The number of benzene rings is 1. The maximum absolute atomic E-state index is 12.1. The smallest absolute Gasteiger partial charge is 0.188 e. The van der Waals surface area contributed by atoms with Crippen molar-refractivity contribution in [2.24, 2.45) is 0 Å². The number of rotatable bonds is 4. The lowest BCUT2D eigenvalue weighted by atomic mass is 10.1. The molecule has 0 saturated heterocycles. The van der Waals surface area contributed by atoms with Gasteiger partial charge in [0.05, 0.1) is 5.69 Å². The summed E-state index contributed by atoms with van der Waals surface area (Å²) < 4.78 is 0. The quantitative estimate of drug-likeness (QED) is 0.533. The molecular weight excluding hydrogens is 318 g/mol. The molecule has 0 saturated carbocycles. The van der Waals surface area contributed by atoms with E-state index in [1.54, 1.807) is 48.8 Å². The Morgan fingerprint density at radius 2 is 2.00 bits per heavy atom. The van der Waals surface area contributed by atoms with Crippen molar-refractivity contribution in [3.8, 4) is 10.8 Å². The minimum Gasteiger partial charge on any atom is -0.289 e. The first-order chi connectivity index (χ1) is 10.7. The van der Waals surface area contributed by atoms with Crippen LogP contribution in [0.25, 0.3) is 16.9 Å². The maximum Gasteiger partial charge on any atom is 0.188 e. The van der Waals surface area contributed by atoms with Gasteiger partial charge in [-0.05, 0) is 30.4 Å². The highest BCUT2D eigenvalue weighted by Crippen LogP contribution is 2.20. The Morgan fingerprint density at radius 3 is 2.77 bits per heavy atom. The molecule has 0 spiro atoms.